The molecule has 0 atom stereocenters. The number of para-hydroxylation sites is 1. The van der Waals surface area contributed by atoms with E-state index in [1.807, 2.05) is 0 Å². The van der Waals surface area contributed by atoms with E-state index in [0.717, 1.165) is 19.3 Å². The molecule has 1 aliphatic heterocycles. The highest BCUT2D eigenvalue weighted by atomic mass is 32.2. The molecule has 0 saturated carbocycles. The van der Waals surface area contributed by atoms with Crippen LogP contribution in [0, 0.1) is 0 Å². The zero-order valence-corrected chi connectivity index (χ0v) is 18.5. The summed E-state index contributed by atoms with van der Waals surface area (Å²) in [5, 5.41) is 3.02. The zero-order chi connectivity index (χ0) is 22.0. The Morgan fingerprint density at radius 1 is 1.10 bits per heavy atom. The van der Waals surface area contributed by atoms with Gasteiger partial charge in [-0.15, -0.1) is 0 Å². The van der Waals surface area contributed by atoms with Gasteiger partial charge in [0.05, 0.1) is 20.7 Å². The number of aromatic nitrogens is 1. The van der Waals surface area contributed by atoms with Gasteiger partial charge in [0, 0.05) is 20.0 Å². The second kappa shape index (κ2) is 8.74. The summed E-state index contributed by atoms with van der Waals surface area (Å²) in [6, 6.07) is 11.2. The van der Waals surface area contributed by atoms with Gasteiger partial charge in [-0.05, 0) is 43.2 Å². The molecule has 0 unspecified atom stereocenters. The van der Waals surface area contributed by atoms with Crippen LogP contribution in [0.25, 0.3) is 10.2 Å². The number of piperidine rings is 1. The van der Waals surface area contributed by atoms with E-state index in [2.05, 4.69) is 10.3 Å². The Morgan fingerprint density at radius 2 is 1.84 bits per heavy atom. The number of carbonyl (C=O) groups excluding carboxylic acids is 2. The van der Waals surface area contributed by atoms with Crippen molar-refractivity contribution >= 4 is 48.6 Å². The molecule has 0 spiro atoms. The quantitative estimate of drug-likeness (QED) is 0.461. The van der Waals surface area contributed by atoms with Crippen LogP contribution < -0.4 is 10.1 Å². The largest absolute Gasteiger partial charge is 0.426 e. The molecule has 10 heteroatoms. The Hall–Kier alpha value is -2.82. The lowest BCUT2D eigenvalue weighted by Gasteiger charge is -2.25. The Balaban J connectivity index is 1.58. The normalized spacial score (nSPS) is 15.0. The van der Waals surface area contributed by atoms with Crippen molar-refractivity contribution in [2.75, 3.05) is 18.4 Å². The molecule has 2 heterocycles. The fourth-order valence-corrected chi connectivity index (χ4v) is 5.95. The van der Waals surface area contributed by atoms with Crippen molar-refractivity contribution in [2.45, 2.75) is 31.1 Å². The standard InChI is InChI=1S/C21H21N3O5S2/c1-14(25)29-18-8-4-3-7-16(18)20(26)23-21-22-17-10-9-15(13-19(17)30-21)31(27,28)24-11-5-2-6-12-24/h3-4,7-10,13H,2,5-6,11-12H2,1H3,(H,22,23,26). The molecule has 31 heavy (non-hydrogen) atoms. The van der Waals surface area contributed by atoms with E-state index in [1.165, 1.54) is 28.6 Å². The maximum Gasteiger partial charge on any atom is 0.308 e. The van der Waals surface area contributed by atoms with E-state index in [0.29, 0.717) is 28.4 Å². The lowest BCUT2D eigenvalue weighted by molar-refractivity contribution is -0.131. The summed E-state index contributed by atoms with van der Waals surface area (Å²) < 4.78 is 33.1. The van der Waals surface area contributed by atoms with Gasteiger partial charge in [-0.1, -0.05) is 29.9 Å². The average Bonchev–Trinajstić information content (AvgIpc) is 3.15. The highest BCUT2D eigenvalue weighted by molar-refractivity contribution is 7.89. The number of benzene rings is 2. The molecule has 8 nitrogen and oxygen atoms in total. The number of fused-ring (bicyclic) bond motifs is 1. The van der Waals surface area contributed by atoms with Crippen molar-refractivity contribution in [1.29, 1.82) is 0 Å². The summed E-state index contributed by atoms with van der Waals surface area (Å²) >= 11 is 1.18. The van der Waals surface area contributed by atoms with Crippen LogP contribution in [-0.4, -0.2) is 42.7 Å². The Bertz CT molecular complexity index is 1250. The molecule has 1 N–H and O–H groups in total. The van der Waals surface area contributed by atoms with Crippen LogP contribution in [0.5, 0.6) is 5.75 Å². The van der Waals surface area contributed by atoms with Gasteiger partial charge in [0.2, 0.25) is 10.0 Å². The summed E-state index contributed by atoms with van der Waals surface area (Å²) in [6.45, 7) is 2.33. The number of carbonyl (C=O) groups is 2. The third-order valence-corrected chi connectivity index (χ3v) is 7.75. The van der Waals surface area contributed by atoms with Crippen molar-refractivity contribution in [3.05, 3.63) is 48.0 Å². The number of thiazole rings is 1. The number of nitrogens with zero attached hydrogens (tertiary/aromatic N) is 2. The van der Waals surface area contributed by atoms with Crippen molar-refractivity contribution in [3.63, 3.8) is 0 Å². The summed E-state index contributed by atoms with van der Waals surface area (Å²) in [6.07, 6.45) is 2.78. The van der Waals surface area contributed by atoms with Crippen molar-refractivity contribution in [3.8, 4) is 5.75 Å². The lowest BCUT2D eigenvalue weighted by Crippen LogP contribution is -2.35. The molecule has 1 saturated heterocycles. The van der Waals surface area contributed by atoms with E-state index in [1.54, 1.807) is 36.4 Å². The number of rotatable bonds is 5. The maximum atomic E-state index is 12.9. The third-order valence-electron chi connectivity index (χ3n) is 4.92. The van der Waals surface area contributed by atoms with E-state index in [-0.39, 0.29) is 16.2 Å². The molecule has 0 bridgehead atoms. The monoisotopic (exact) mass is 459 g/mol. The summed E-state index contributed by atoms with van der Waals surface area (Å²) in [5.41, 5.74) is 0.788. The van der Waals surface area contributed by atoms with Crippen LogP contribution in [0.15, 0.2) is 47.4 Å². The van der Waals surface area contributed by atoms with Crippen LogP contribution in [0.3, 0.4) is 0 Å². The van der Waals surface area contributed by atoms with Gasteiger partial charge in [-0.25, -0.2) is 13.4 Å². The average molecular weight is 460 g/mol. The number of hydrogen-bond acceptors (Lipinski definition) is 7. The Morgan fingerprint density at radius 3 is 2.58 bits per heavy atom. The molecule has 0 radical (unpaired) electrons. The smallest absolute Gasteiger partial charge is 0.308 e. The highest BCUT2D eigenvalue weighted by Gasteiger charge is 2.26. The number of ether oxygens (including phenoxy) is 1. The Labute approximate surface area is 183 Å². The van der Waals surface area contributed by atoms with Gasteiger partial charge in [-0.3, -0.25) is 14.9 Å². The van der Waals surface area contributed by atoms with Gasteiger partial charge in [0.15, 0.2) is 5.13 Å². The minimum atomic E-state index is -3.55. The van der Waals surface area contributed by atoms with Crippen molar-refractivity contribution < 1.29 is 22.7 Å². The van der Waals surface area contributed by atoms with Crippen LogP contribution in [0.1, 0.15) is 36.5 Å². The minimum Gasteiger partial charge on any atom is -0.426 e. The molecular formula is C21H21N3O5S2. The van der Waals surface area contributed by atoms with Crippen LogP contribution >= 0.6 is 11.3 Å². The number of anilines is 1. The molecular weight excluding hydrogens is 438 g/mol. The van der Waals surface area contributed by atoms with Crippen molar-refractivity contribution in [2.24, 2.45) is 0 Å². The first kappa shape index (κ1) is 21.4. The molecule has 0 aliphatic carbocycles. The van der Waals surface area contributed by atoms with Gasteiger partial charge < -0.3 is 4.74 Å². The predicted molar refractivity (Wildman–Crippen MR) is 118 cm³/mol. The van der Waals surface area contributed by atoms with Gasteiger partial charge in [0.1, 0.15) is 5.75 Å². The van der Waals surface area contributed by atoms with Gasteiger partial charge >= 0.3 is 5.97 Å². The SMILES string of the molecule is CC(=O)Oc1ccccc1C(=O)Nc1nc2ccc(S(=O)(=O)N3CCCCC3)cc2s1. The molecule has 3 aromatic rings. The first-order valence-electron chi connectivity index (χ1n) is 9.84. The van der Waals surface area contributed by atoms with Crippen LogP contribution in [-0.2, 0) is 14.8 Å². The third kappa shape index (κ3) is 4.60. The number of nitrogens with one attached hydrogen (secondary N) is 1. The minimum absolute atomic E-state index is 0.156. The topological polar surface area (TPSA) is 106 Å². The first-order chi connectivity index (χ1) is 14.8. The summed E-state index contributed by atoms with van der Waals surface area (Å²) in [7, 11) is -3.55. The second-order valence-electron chi connectivity index (χ2n) is 7.16. The maximum absolute atomic E-state index is 12.9. The molecule has 4 rings (SSSR count). The predicted octanol–water partition coefficient (Wildman–Crippen LogP) is 3.65. The fraction of sp³-hybridized carbons (Fsp3) is 0.286. The highest BCUT2D eigenvalue weighted by Crippen LogP contribution is 2.31. The number of esters is 1. The van der Waals surface area contributed by atoms with E-state index in [9.17, 15) is 18.0 Å². The van der Waals surface area contributed by atoms with E-state index < -0.39 is 21.9 Å². The van der Waals surface area contributed by atoms with Gasteiger partial charge in [0.25, 0.3) is 5.91 Å². The molecule has 1 aromatic heterocycles. The fourth-order valence-electron chi connectivity index (χ4n) is 3.44. The molecule has 1 aliphatic rings. The number of hydrogen-bond donors (Lipinski definition) is 1. The Kier molecular flexibility index (Phi) is 6.03. The summed E-state index contributed by atoms with van der Waals surface area (Å²) in [5.74, 6) is -0.844. The number of sulfonamides is 1. The summed E-state index contributed by atoms with van der Waals surface area (Å²) in [4.78, 5) is 28.6. The van der Waals surface area contributed by atoms with Gasteiger partial charge in [-0.2, -0.15) is 4.31 Å². The molecule has 2 aromatic carbocycles. The molecule has 1 amide bonds. The lowest BCUT2D eigenvalue weighted by atomic mass is 10.2. The van der Waals surface area contributed by atoms with Crippen LogP contribution in [0.2, 0.25) is 0 Å². The second-order valence-corrected chi connectivity index (χ2v) is 10.1. The van der Waals surface area contributed by atoms with Crippen LogP contribution in [0.4, 0.5) is 5.13 Å². The number of amides is 1. The zero-order valence-electron chi connectivity index (χ0n) is 16.8. The molecule has 162 valence electrons. The van der Waals surface area contributed by atoms with E-state index in [4.69, 9.17) is 4.74 Å². The first-order valence-corrected chi connectivity index (χ1v) is 12.1. The van der Waals surface area contributed by atoms with E-state index >= 15 is 0 Å². The molecule has 1 fully saturated rings. The van der Waals surface area contributed by atoms with Crippen molar-refractivity contribution in [1.82, 2.24) is 9.29 Å².